The Morgan fingerprint density at radius 1 is 0.750 bits per heavy atom. The summed E-state index contributed by atoms with van der Waals surface area (Å²) in [5.74, 6) is -2.68. The molecular weight excluding hydrogens is 407 g/mol. The molecule has 0 spiro atoms. The molecule has 0 unspecified atom stereocenters. The first kappa shape index (κ1) is 21.2. The number of halogens is 2. The van der Waals surface area contributed by atoms with Gasteiger partial charge in [-0.15, -0.1) is 0 Å². The Bertz CT molecular complexity index is 916. The van der Waals surface area contributed by atoms with Crippen molar-refractivity contribution >= 4 is 63.9 Å². The van der Waals surface area contributed by atoms with Gasteiger partial charge in [-0.1, -0.05) is 23.2 Å². The van der Waals surface area contributed by atoms with Crippen molar-refractivity contribution < 1.29 is 19.2 Å². The van der Waals surface area contributed by atoms with E-state index in [1.807, 2.05) is 0 Å². The number of anilines is 3. The highest BCUT2D eigenvalue weighted by molar-refractivity contribution is 6.42. The Morgan fingerprint density at radius 2 is 1.32 bits per heavy atom. The fourth-order valence-corrected chi connectivity index (χ4v) is 2.35. The lowest BCUT2D eigenvalue weighted by Gasteiger charge is -2.09. The summed E-state index contributed by atoms with van der Waals surface area (Å²) >= 11 is 11.6. The molecule has 2 aromatic rings. The van der Waals surface area contributed by atoms with Crippen molar-refractivity contribution in [2.45, 2.75) is 6.92 Å². The second-order valence-corrected chi connectivity index (χ2v) is 6.39. The molecule has 4 N–H and O–H groups in total. The highest BCUT2D eigenvalue weighted by atomic mass is 35.5. The maximum absolute atomic E-state index is 11.9. The molecule has 146 valence electrons. The third kappa shape index (κ3) is 6.57. The number of benzene rings is 2. The second-order valence-electron chi connectivity index (χ2n) is 5.57. The third-order valence-corrected chi connectivity index (χ3v) is 4.02. The first-order valence-electron chi connectivity index (χ1n) is 7.96. The summed E-state index contributed by atoms with van der Waals surface area (Å²) in [6.07, 6.45) is 0. The molecule has 0 heterocycles. The molecule has 2 rings (SSSR count). The molecule has 0 bridgehead atoms. The van der Waals surface area contributed by atoms with E-state index in [2.05, 4.69) is 21.3 Å². The standard InChI is InChI=1S/C18H16Cl2N4O4/c1-10(25)22-11-2-4-12(5-3-11)24-18(28)17(27)21-9-16(26)23-13-6-7-14(19)15(20)8-13/h2-8H,9H2,1H3,(H,21,27)(H,22,25)(H,23,26)(H,24,28). The maximum Gasteiger partial charge on any atom is 0.313 e. The van der Waals surface area contributed by atoms with E-state index in [0.717, 1.165) is 0 Å². The second kappa shape index (κ2) is 9.72. The number of nitrogens with one attached hydrogen (secondary N) is 4. The largest absolute Gasteiger partial charge is 0.339 e. The summed E-state index contributed by atoms with van der Waals surface area (Å²) in [5.41, 5.74) is 1.31. The minimum absolute atomic E-state index is 0.227. The van der Waals surface area contributed by atoms with Gasteiger partial charge in [0, 0.05) is 24.0 Å². The molecular formula is C18H16Cl2N4O4. The van der Waals surface area contributed by atoms with Crippen LogP contribution in [0.15, 0.2) is 42.5 Å². The number of carbonyl (C=O) groups is 4. The lowest BCUT2D eigenvalue weighted by Crippen LogP contribution is -2.39. The molecule has 0 aromatic heterocycles. The van der Waals surface area contributed by atoms with E-state index in [-0.39, 0.29) is 10.9 Å². The van der Waals surface area contributed by atoms with Crippen LogP contribution in [-0.4, -0.2) is 30.2 Å². The number of carbonyl (C=O) groups excluding carboxylic acids is 4. The topological polar surface area (TPSA) is 116 Å². The minimum Gasteiger partial charge on any atom is -0.339 e. The predicted molar refractivity (Wildman–Crippen MR) is 107 cm³/mol. The van der Waals surface area contributed by atoms with Gasteiger partial charge in [-0.3, -0.25) is 19.2 Å². The van der Waals surface area contributed by atoms with E-state index in [9.17, 15) is 19.2 Å². The lowest BCUT2D eigenvalue weighted by molar-refractivity contribution is -0.136. The summed E-state index contributed by atoms with van der Waals surface area (Å²) in [7, 11) is 0. The van der Waals surface area contributed by atoms with Gasteiger partial charge in [0.25, 0.3) is 0 Å². The molecule has 0 saturated carbocycles. The summed E-state index contributed by atoms with van der Waals surface area (Å²) in [6, 6.07) is 10.7. The smallest absolute Gasteiger partial charge is 0.313 e. The van der Waals surface area contributed by atoms with Gasteiger partial charge in [-0.2, -0.15) is 0 Å². The predicted octanol–water partition coefficient (Wildman–Crippen LogP) is 2.65. The zero-order valence-corrected chi connectivity index (χ0v) is 16.1. The lowest BCUT2D eigenvalue weighted by atomic mass is 10.2. The van der Waals surface area contributed by atoms with Gasteiger partial charge in [-0.05, 0) is 42.5 Å². The van der Waals surface area contributed by atoms with Crippen LogP contribution in [0.3, 0.4) is 0 Å². The quantitative estimate of drug-likeness (QED) is 0.554. The van der Waals surface area contributed by atoms with Gasteiger partial charge in [0.15, 0.2) is 0 Å². The van der Waals surface area contributed by atoms with Crippen molar-refractivity contribution in [3.05, 3.63) is 52.5 Å². The van der Waals surface area contributed by atoms with E-state index >= 15 is 0 Å². The molecule has 0 aliphatic carbocycles. The van der Waals surface area contributed by atoms with Crippen molar-refractivity contribution in [1.82, 2.24) is 5.32 Å². The Morgan fingerprint density at radius 3 is 1.89 bits per heavy atom. The van der Waals surface area contributed by atoms with Crippen molar-refractivity contribution in [1.29, 1.82) is 0 Å². The highest BCUT2D eigenvalue weighted by Crippen LogP contribution is 2.24. The van der Waals surface area contributed by atoms with Crippen LogP contribution in [-0.2, 0) is 19.2 Å². The molecule has 0 aliphatic heterocycles. The van der Waals surface area contributed by atoms with E-state index in [0.29, 0.717) is 22.1 Å². The molecule has 4 amide bonds. The summed E-state index contributed by atoms with van der Waals surface area (Å²) in [4.78, 5) is 46.5. The SMILES string of the molecule is CC(=O)Nc1ccc(NC(=O)C(=O)NCC(=O)Nc2ccc(Cl)c(Cl)c2)cc1. The molecule has 0 aliphatic rings. The van der Waals surface area contributed by atoms with E-state index in [1.165, 1.54) is 31.2 Å². The molecule has 8 nitrogen and oxygen atoms in total. The minimum atomic E-state index is -0.977. The van der Waals surface area contributed by atoms with Crippen molar-refractivity contribution in [3.8, 4) is 0 Å². The molecule has 0 radical (unpaired) electrons. The average Bonchev–Trinajstić information content (AvgIpc) is 2.64. The summed E-state index contributed by atoms with van der Waals surface area (Å²) in [5, 5.41) is 10.3. The highest BCUT2D eigenvalue weighted by Gasteiger charge is 2.15. The maximum atomic E-state index is 11.9. The molecule has 0 atom stereocenters. The van der Waals surface area contributed by atoms with Crippen LogP contribution in [0.5, 0.6) is 0 Å². The van der Waals surface area contributed by atoms with Crippen LogP contribution in [0.4, 0.5) is 17.1 Å². The van der Waals surface area contributed by atoms with Crippen molar-refractivity contribution in [3.63, 3.8) is 0 Å². The number of hydrogen-bond acceptors (Lipinski definition) is 4. The van der Waals surface area contributed by atoms with Gasteiger partial charge < -0.3 is 21.3 Å². The van der Waals surface area contributed by atoms with E-state index < -0.39 is 24.3 Å². The van der Waals surface area contributed by atoms with Crippen LogP contribution >= 0.6 is 23.2 Å². The zero-order chi connectivity index (χ0) is 20.7. The van der Waals surface area contributed by atoms with E-state index in [1.54, 1.807) is 18.2 Å². The van der Waals surface area contributed by atoms with Crippen molar-refractivity contribution in [2.24, 2.45) is 0 Å². The zero-order valence-electron chi connectivity index (χ0n) is 14.6. The monoisotopic (exact) mass is 422 g/mol. The van der Waals surface area contributed by atoms with Crippen LogP contribution in [0, 0.1) is 0 Å². The van der Waals surface area contributed by atoms with Crippen LogP contribution in [0.1, 0.15) is 6.92 Å². The molecule has 2 aromatic carbocycles. The molecule has 0 fully saturated rings. The Kier molecular flexibility index (Phi) is 7.36. The normalized spacial score (nSPS) is 9.96. The van der Waals surface area contributed by atoms with Gasteiger partial charge in [0.1, 0.15) is 0 Å². The summed E-state index contributed by atoms with van der Waals surface area (Å²) < 4.78 is 0. The molecule has 0 saturated heterocycles. The fraction of sp³-hybridized carbons (Fsp3) is 0.111. The fourth-order valence-electron chi connectivity index (χ4n) is 2.05. The van der Waals surface area contributed by atoms with Crippen LogP contribution in [0.25, 0.3) is 0 Å². The van der Waals surface area contributed by atoms with Gasteiger partial charge in [0.05, 0.1) is 16.6 Å². The first-order chi connectivity index (χ1) is 13.2. The van der Waals surface area contributed by atoms with Gasteiger partial charge >= 0.3 is 11.8 Å². The van der Waals surface area contributed by atoms with Gasteiger partial charge in [0.2, 0.25) is 11.8 Å². The molecule has 10 heteroatoms. The Labute approximate surface area is 170 Å². The third-order valence-electron chi connectivity index (χ3n) is 3.28. The van der Waals surface area contributed by atoms with Crippen LogP contribution in [0.2, 0.25) is 10.0 Å². The number of hydrogen-bond donors (Lipinski definition) is 4. The average molecular weight is 423 g/mol. The van der Waals surface area contributed by atoms with Crippen molar-refractivity contribution in [2.75, 3.05) is 22.5 Å². The number of rotatable bonds is 5. The molecule has 28 heavy (non-hydrogen) atoms. The summed E-state index contributed by atoms with van der Waals surface area (Å²) in [6.45, 7) is 0.964. The number of amides is 4. The van der Waals surface area contributed by atoms with E-state index in [4.69, 9.17) is 23.2 Å². The first-order valence-corrected chi connectivity index (χ1v) is 8.72. The van der Waals surface area contributed by atoms with Gasteiger partial charge in [-0.25, -0.2) is 0 Å². The van der Waals surface area contributed by atoms with Crippen LogP contribution < -0.4 is 21.3 Å². The Balaban J connectivity index is 1.81. The Hall–Kier alpha value is -3.10.